The van der Waals surface area contributed by atoms with Crippen LogP contribution in [0, 0.1) is 11.3 Å². The van der Waals surface area contributed by atoms with Gasteiger partial charge in [0.25, 0.3) is 0 Å². The maximum atomic E-state index is 11.3. The van der Waals surface area contributed by atoms with Crippen molar-refractivity contribution in [1.29, 1.82) is 0 Å². The first-order chi connectivity index (χ1) is 5.97. The second-order valence-corrected chi connectivity index (χ2v) is 4.29. The maximum absolute atomic E-state index is 11.3. The largest absolute Gasteiger partial charge is 0.393 e. The zero-order valence-electron chi connectivity index (χ0n) is 8.42. The number of ether oxygens (including phenoxy) is 1. The molecule has 0 amide bonds. The van der Waals surface area contributed by atoms with E-state index in [1.807, 2.05) is 13.8 Å². The van der Waals surface area contributed by atoms with Crippen molar-refractivity contribution in [1.82, 2.24) is 0 Å². The fourth-order valence-corrected chi connectivity index (χ4v) is 1.89. The molecule has 1 atom stereocenters. The lowest BCUT2D eigenvalue weighted by Gasteiger charge is -2.27. The van der Waals surface area contributed by atoms with Crippen LogP contribution in [0.4, 0.5) is 0 Å². The van der Waals surface area contributed by atoms with Crippen LogP contribution in [0.2, 0.25) is 0 Å². The van der Waals surface area contributed by atoms with Crippen LogP contribution in [0.3, 0.4) is 0 Å². The normalized spacial score (nSPS) is 23.5. The van der Waals surface area contributed by atoms with Gasteiger partial charge in [-0.05, 0) is 11.8 Å². The van der Waals surface area contributed by atoms with E-state index in [4.69, 9.17) is 0 Å². The van der Waals surface area contributed by atoms with Crippen molar-refractivity contribution in [3.8, 4) is 0 Å². The highest BCUT2D eigenvalue weighted by Crippen LogP contribution is 2.38. The monoisotopic (exact) mass is 184 g/mol. The molecule has 0 saturated carbocycles. The number of rotatable bonds is 3. The van der Waals surface area contributed by atoms with Gasteiger partial charge < -0.3 is 4.74 Å². The van der Waals surface area contributed by atoms with E-state index in [2.05, 4.69) is 11.7 Å². The summed E-state index contributed by atoms with van der Waals surface area (Å²) in [6.07, 6.45) is 2.22. The van der Waals surface area contributed by atoms with Crippen LogP contribution < -0.4 is 0 Å². The molecule has 0 aliphatic carbocycles. The van der Waals surface area contributed by atoms with Gasteiger partial charge in [0.1, 0.15) is 0 Å². The standard InChI is InChI=1S/C10H16O3/c1-4-5-10(2,3)7-6-8(11)13-9(7)12/h7H,4-6H2,1-3H3. The SMILES string of the molecule is CCCC(C)(C)C1CC(=O)OC1=O. The third-order valence-electron chi connectivity index (χ3n) is 2.71. The molecule has 13 heavy (non-hydrogen) atoms. The summed E-state index contributed by atoms with van der Waals surface area (Å²) in [4.78, 5) is 22.1. The topological polar surface area (TPSA) is 43.4 Å². The molecule has 3 nitrogen and oxygen atoms in total. The summed E-state index contributed by atoms with van der Waals surface area (Å²) in [5.74, 6) is -0.956. The van der Waals surface area contributed by atoms with Crippen LogP contribution in [0.5, 0.6) is 0 Å². The number of esters is 2. The van der Waals surface area contributed by atoms with Gasteiger partial charge in [0.2, 0.25) is 0 Å². The number of carbonyl (C=O) groups is 2. The molecular weight excluding hydrogens is 168 g/mol. The molecule has 0 aromatic heterocycles. The summed E-state index contributed by atoms with van der Waals surface area (Å²) >= 11 is 0. The van der Waals surface area contributed by atoms with E-state index >= 15 is 0 Å². The molecule has 1 aliphatic heterocycles. The zero-order chi connectivity index (χ0) is 10.1. The Hall–Kier alpha value is -0.860. The minimum absolute atomic E-state index is 0.113. The van der Waals surface area contributed by atoms with Crippen molar-refractivity contribution in [2.24, 2.45) is 11.3 Å². The molecule has 1 unspecified atom stereocenters. The summed E-state index contributed by atoms with van der Waals surface area (Å²) in [5, 5.41) is 0. The number of cyclic esters (lactones) is 2. The van der Waals surface area contributed by atoms with Crippen molar-refractivity contribution < 1.29 is 14.3 Å². The number of carbonyl (C=O) groups excluding carboxylic acids is 2. The van der Waals surface area contributed by atoms with E-state index in [0.717, 1.165) is 12.8 Å². The third kappa shape index (κ3) is 2.08. The third-order valence-corrected chi connectivity index (χ3v) is 2.71. The minimum Gasteiger partial charge on any atom is -0.393 e. The quantitative estimate of drug-likeness (QED) is 0.497. The Bertz CT molecular complexity index is 230. The predicted octanol–water partition coefficient (Wildman–Crippen LogP) is 1.90. The van der Waals surface area contributed by atoms with Gasteiger partial charge in [-0.25, -0.2) is 0 Å². The predicted molar refractivity (Wildman–Crippen MR) is 47.9 cm³/mol. The van der Waals surface area contributed by atoms with Crippen LogP contribution in [0.1, 0.15) is 40.0 Å². The summed E-state index contributed by atoms with van der Waals surface area (Å²) in [5.41, 5.74) is -0.113. The second kappa shape index (κ2) is 3.48. The lowest BCUT2D eigenvalue weighted by Crippen LogP contribution is -2.27. The number of hydrogen-bond acceptors (Lipinski definition) is 3. The Morgan fingerprint density at radius 1 is 1.46 bits per heavy atom. The van der Waals surface area contributed by atoms with E-state index in [1.165, 1.54) is 0 Å². The molecule has 0 radical (unpaired) electrons. The first kappa shape index (κ1) is 10.2. The molecule has 1 heterocycles. The smallest absolute Gasteiger partial charge is 0.317 e. The summed E-state index contributed by atoms with van der Waals surface area (Å²) < 4.78 is 4.53. The first-order valence-electron chi connectivity index (χ1n) is 4.72. The van der Waals surface area contributed by atoms with E-state index in [-0.39, 0.29) is 29.7 Å². The van der Waals surface area contributed by atoms with Crippen LogP contribution in [-0.4, -0.2) is 11.9 Å². The van der Waals surface area contributed by atoms with Crippen molar-refractivity contribution in [2.75, 3.05) is 0 Å². The van der Waals surface area contributed by atoms with Gasteiger partial charge >= 0.3 is 11.9 Å². The van der Waals surface area contributed by atoms with Crippen LogP contribution in [-0.2, 0) is 14.3 Å². The minimum atomic E-state index is -0.376. The molecule has 0 bridgehead atoms. The molecule has 3 heteroatoms. The van der Waals surface area contributed by atoms with Crippen molar-refractivity contribution in [2.45, 2.75) is 40.0 Å². The molecule has 0 spiro atoms. The van der Waals surface area contributed by atoms with E-state index in [0.29, 0.717) is 0 Å². The van der Waals surface area contributed by atoms with E-state index in [1.54, 1.807) is 0 Å². The van der Waals surface area contributed by atoms with Gasteiger partial charge in [-0.2, -0.15) is 0 Å². The fraction of sp³-hybridized carbons (Fsp3) is 0.800. The Morgan fingerprint density at radius 3 is 2.46 bits per heavy atom. The molecule has 1 rings (SSSR count). The molecule has 0 aromatic rings. The van der Waals surface area contributed by atoms with Crippen molar-refractivity contribution >= 4 is 11.9 Å². The van der Waals surface area contributed by atoms with Gasteiger partial charge in [-0.1, -0.05) is 27.2 Å². The molecule has 0 N–H and O–H groups in total. The highest BCUT2D eigenvalue weighted by molar-refractivity contribution is 5.95. The maximum Gasteiger partial charge on any atom is 0.317 e. The Kier molecular flexibility index (Phi) is 2.74. The Balaban J connectivity index is 2.71. The zero-order valence-corrected chi connectivity index (χ0v) is 8.42. The highest BCUT2D eigenvalue weighted by atomic mass is 16.6. The first-order valence-corrected chi connectivity index (χ1v) is 4.72. The highest BCUT2D eigenvalue weighted by Gasteiger charge is 2.43. The summed E-state index contributed by atoms with van der Waals surface area (Å²) in [7, 11) is 0. The second-order valence-electron chi connectivity index (χ2n) is 4.29. The van der Waals surface area contributed by atoms with Crippen molar-refractivity contribution in [3.05, 3.63) is 0 Å². The van der Waals surface area contributed by atoms with Gasteiger partial charge in [-0.3, -0.25) is 9.59 Å². The van der Waals surface area contributed by atoms with Gasteiger partial charge in [0.15, 0.2) is 0 Å². The van der Waals surface area contributed by atoms with Gasteiger partial charge in [-0.15, -0.1) is 0 Å². The fourth-order valence-electron chi connectivity index (χ4n) is 1.89. The average Bonchev–Trinajstić information content (AvgIpc) is 2.30. The average molecular weight is 184 g/mol. The molecule has 1 aliphatic rings. The van der Waals surface area contributed by atoms with E-state index in [9.17, 15) is 9.59 Å². The Labute approximate surface area is 78.5 Å². The van der Waals surface area contributed by atoms with Gasteiger partial charge in [0.05, 0.1) is 12.3 Å². The van der Waals surface area contributed by atoms with Crippen LogP contribution in [0.15, 0.2) is 0 Å². The number of hydrogen-bond donors (Lipinski definition) is 0. The molecule has 1 fully saturated rings. The molecule has 1 saturated heterocycles. The molecule has 0 aromatic carbocycles. The van der Waals surface area contributed by atoms with Crippen LogP contribution in [0.25, 0.3) is 0 Å². The lowest BCUT2D eigenvalue weighted by molar-refractivity contribution is -0.154. The van der Waals surface area contributed by atoms with Gasteiger partial charge in [0, 0.05) is 0 Å². The summed E-state index contributed by atoms with van der Waals surface area (Å²) in [6, 6.07) is 0. The summed E-state index contributed by atoms with van der Waals surface area (Å²) in [6.45, 7) is 6.10. The lowest BCUT2D eigenvalue weighted by atomic mass is 9.75. The van der Waals surface area contributed by atoms with Crippen LogP contribution >= 0.6 is 0 Å². The van der Waals surface area contributed by atoms with Crippen molar-refractivity contribution in [3.63, 3.8) is 0 Å². The van der Waals surface area contributed by atoms with E-state index < -0.39 is 0 Å². The Morgan fingerprint density at radius 2 is 2.08 bits per heavy atom. The molecular formula is C10H16O3. The molecule has 74 valence electrons.